The molecule has 94 valence electrons. The van der Waals surface area contributed by atoms with Crippen molar-refractivity contribution in [2.75, 3.05) is 26.1 Å². The SMILES string of the molecule is COc1nc(NCC2CC(Cl)C2)nc(OC)n1. The molecule has 1 heterocycles. The van der Waals surface area contributed by atoms with Crippen molar-refractivity contribution < 1.29 is 9.47 Å². The van der Waals surface area contributed by atoms with Crippen LogP contribution in [0.15, 0.2) is 0 Å². The van der Waals surface area contributed by atoms with Gasteiger partial charge >= 0.3 is 12.0 Å². The molecule has 1 aromatic heterocycles. The molecule has 0 amide bonds. The van der Waals surface area contributed by atoms with Crippen molar-refractivity contribution in [2.24, 2.45) is 5.92 Å². The lowest BCUT2D eigenvalue weighted by Gasteiger charge is -2.30. The van der Waals surface area contributed by atoms with Gasteiger partial charge in [-0.05, 0) is 18.8 Å². The van der Waals surface area contributed by atoms with Gasteiger partial charge in [-0.3, -0.25) is 0 Å². The number of methoxy groups -OCH3 is 2. The lowest BCUT2D eigenvalue weighted by atomic mass is 9.85. The highest BCUT2D eigenvalue weighted by Crippen LogP contribution is 2.31. The van der Waals surface area contributed by atoms with Crippen LogP contribution < -0.4 is 14.8 Å². The van der Waals surface area contributed by atoms with E-state index in [1.165, 1.54) is 14.2 Å². The molecule has 2 rings (SSSR count). The molecule has 1 aliphatic carbocycles. The van der Waals surface area contributed by atoms with E-state index in [9.17, 15) is 0 Å². The third kappa shape index (κ3) is 3.09. The monoisotopic (exact) mass is 258 g/mol. The zero-order valence-corrected chi connectivity index (χ0v) is 10.6. The van der Waals surface area contributed by atoms with Gasteiger partial charge in [-0.1, -0.05) is 0 Å². The molecule has 1 saturated carbocycles. The van der Waals surface area contributed by atoms with Crippen molar-refractivity contribution in [1.29, 1.82) is 0 Å². The minimum Gasteiger partial charge on any atom is -0.467 e. The standard InChI is InChI=1S/C10H15ClN4O2/c1-16-9-13-8(14-10(15-9)17-2)12-5-6-3-7(11)4-6/h6-7H,3-5H2,1-2H3,(H,12,13,14,15). The van der Waals surface area contributed by atoms with Crippen LogP contribution in [0.25, 0.3) is 0 Å². The summed E-state index contributed by atoms with van der Waals surface area (Å²) in [5.74, 6) is 1.05. The van der Waals surface area contributed by atoms with E-state index in [4.69, 9.17) is 21.1 Å². The molecule has 1 fully saturated rings. The zero-order valence-electron chi connectivity index (χ0n) is 9.81. The molecule has 7 heteroatoms. The molecule has 0 aromatic carbocycles. The summed E-state index contributed by atoms with van der Waals surface area (Å²) in [6.07, 6.45) is 2.07. The van der Waals surface area contributed by atoms with E-state index in [1.54, 1.807) is 0 Å². The molecule has 0 aliphatic heterocycles. The Morgan fingerprint density at radius 1 is 1.18 bits per heavy atom. The number of ether oxygens (including phenoxy) is 2. The van der Waals surface area contributed by atoms with Gasteiger partial charge in [0.1, 0.15) is 0 Å². The molecular weight excluding hydrogens is 244 g/mol. The lowest BCUT2D eigenvalue weighted by molar-refractivity contribution is 0.334. The van der Waals surface area contributed by atoms with E-state index < -0.39 is 0 Å². The number of nitrogens with zero attached hydrogens (tertiary/aromatic N) is 3. The average Bonchev–Trinajstić information content (AvgIpc) is 2.32. The zero-order chi connectivity index (χ0) is 12.3. The predicted octanol–water partition coefficient (Wildman–Crippen LogP) is 1.32. The van der Waals surface area contributed by atoms with Gasteiger partial charge in [0, 0.05) is 11.9 Å². The maximum Gasteiger partial charge on any atom is 0.324 e. The second kappa shape index (κ2) is 5.35. The Kier molecular flexibility index (Phi) is 3.83. The highest BCUT2D eigenvalue weighted by molar-refractivity contribution is 6.21. The number of aromatic nitrogens is 3. The number of alkyl halides is 1. The summed E-state index contributed by atoms with van der Waals surface area (Å²) in [5, 5.41) is 3.46. The van der Waals surface area contributed by atoms with Crippen LogP contribution in [0.3, 0.4) is 0 Å². The molecule has 17 heavy (non-hydrogen) atoms. The third-order valence-electron chi connectivity index (χ3n) is 2.69. The fourth-order valence-electron chi connectivity index (χ4n) is 1.66. The number of hydrogen-bond donors (Lipinski definition) is 1. The number of anilines is 1. The van der Waals surface area contributed by atoms with Crippen LogP contribution in [0.5, 0.6) is 12.0 Å². The first kappa shape index (κ1) is 12.2. The van der Waals surface area contributed by atoms with Crippen LogP contribution >= 0.6 is 11.6 Å². The van der Waals surface area contributed by atoms with Crippen molar-refractivity contribution >= 4 is 17.5 Å². The summed E-state index contributed by atoms with van der Waals surface area (Å²) in [5.41, 5.74) is 0. The van der Waals surface area contributed by atoms with Gasteiger partial charge in [0.2, 0.25) is 5.95 Å². The number of nitrogens with one attached hydrogen (secondary N) is 1. The molecule has 6 nitrogen and oxygen atoms in total. The number of rotatable bonds is 5. The molecule has 0 atom stereocenters. The van der Waals surface area contributed by atoms with Crippen molar-refractivity contribution in [3.63, 3.8) is 0 Å². The summed E-state index contributed by atoms with van der Waals surface area (Å²) in [6.45, 7) is 0.805. The maximum atomic E-state index is 5.91. The Hall–Kier alpha value is -1.30. The predicted molar refractivity (Wildman–Crippen MR) is 63.8 cm³/mol. The average molecular weight is 259 g/mol. The summed E-state index contributed by atoms with van der Waals surface area (Å²) in [4.78, 5) is 12.1. The van der Waals surface area contributed by atoms with Gasteiger partial charge in [-0.2, -0.15) is 9.97 Å². The lowest BCUT2D eigenvalue weighted by Crippen LogP contribution is -2.30. The van der Waals surface area contributed by atoms with Gasteiger partial charge < -0.3 is 14.8 Å². The van der Waals surface area contributed by atoms with E-state index >= 15 is 0 Å². The Bertz CT molecular complexity index is 362. The minimum absolute atomic E-state index is 0.239. The Labute approximate surface area is 105 Å². The molecule has 1 N–H and O–H groups in total. The first-order valence-corrected chi connectivity index (χ1v) is 5.87. The van der Waals surface area contributed by atoms with E-state index in [-0.39, 0.29) is 12.0 Å². The molecule has 0 bridgehead atoms. The van der Waals surface area contributed by atoms with Crippen molar-refractivity contribution in [3.8, 4) is 12.0 Å². The van der Waals surface area contributed by atoms with Gasteiger partial charge in [-0.15, -0.1) is 16.6 Å². The van der Waals surface area contributed by atoms with Crippen LogP contribution in [0.2, 0.25) is 0 Å². The minimum atomic E-state index is 0.239. The van der Waals surface area contributed by atoms with E-state index in [0.717, 1.165) is 19.4 Å². The van der Waals surface area contributed by atoms with E-state index in [0.29, 0.717) is 17.2 Å². The molecule has 1 aromatic rings. The molecular formula is C10H15ClN4O2. The quantitative estimate of drug-likeness (QED) is 0.804. The molecule has 0 spiro atoms. The number of halogens is 1. The fourth-order valence-corrected chi connectivity index (χ4v) is 2.16. The first-order chi connectivity index (χ1) is 8.21. The van der Waals surface area contributed by atoms with Gasteiger partial charge in [0.25, 0.3) is 0 Å². The van der Waals surface area contributed by atoms with Crippen LogP contribution in [0, 0.1) is 5.92 Å². The van der Waals surface area contributed by atoms with Crippen LogP contribution in [-0.4, -0.2) is 41.1 Å². The van der Waals surface area contributed by atoms with Crippen molar-refractivity contribution in [3.05, 3.63) is 0 Å². The Morgan fingerprint density at radius 3 is 2.24 bits per heavy atom. The highest BCUT2D eigenvalue weighted by Gasteiger charge is 2.27. The van der Waals surface area contributed by atoms with Crippen LogP contribution in [0.1, 0.15) is 12.8 Å². The van der Waals surface area contributed by atoms with Crippen molar-refractivity contribution in [1.82, 2.24) is 15.0 Å². The van der Waals surface area contributed by atoms with E-state index in [1.807, 2.05) is 0 Å². The molecule has 0 radical (unpaired) electrons. The molecule has 0 unspecified atom stereocenters. The third-order valence-corrected chi connectivity index (χ3v) is 3.04. The highest BCUT2D eigenvalue weighted by atomic mass is 35.5. The van der Waals surface area contributed by atoms with E-state index in [2.05, 4.69) is 20.3 Å². The van der Waals surface area contributed by atoms with Gasteiger partial charge in [0.15, 0.2) is 0 Å². The smallest absolute Gasteiger partial charge is 0.324 e. The molecule has 0 saturated heterocycles. The molecule has 1 aliphatic rings. The van der Waals surface area contributed by atoms with Gasteiger partial charge in [-0.25, -0.2) is 0 Å². The number of hydrogen-bond acceptors (Lipinski definition) is 6. The van der Waals surface area contributed by atoms with Crippen LogP contribution in [0.4, 0.5) is 5.95 Å². The Morgan fingerprint density at radius 2 is 1.76 bits per heavy atom. The fraction of sp³-hybridized carbons (Fsp3) is 0.700. The maximum absolute atomic E-state index is 5.91. The summed E-state index contributed by atoms with van der Waals surface area (Å²) < 4.78 is 9.92. The second-order valence-corrected chi connectivity index (χ2v) is 4.57. The largest absolute Gasteiger partial charge is 0.467 e. The first-order valence-electron chi connectivity index (χ1n) is 5.43. The normalized spacial score (nSPS) is 22.8. The summed E-state index contributed by atoms with van der Waals surface area (Å²) >= 11 is 5.91. The summed E-state index contributed by atoms with van der Waals surface area (Å²) in [6, 6.07) is 0.478. The second-order valence-electron chi connectivity index (χ2n) is 3.95. The van der Waals surface area contributed by atoms with Gasteiger partial charge in [0.05, 0.1) is 14.2 Å². The van der Waals surface area contributed by atoms with Crippen LogP contribution in [-0.2, 0) is 0 Å². The van der Waals surface area contributed by atoms with Crippen molar-refractivity contribution in [2.45, 2.75) is 18.2 Å². The topological polar surface area (TPSA) is 69.2 Å². The summed E-state index contributed by atoms with van der Waals surface area (Å²) in [7, 11) is 3.01. The Balaban J connectivity index is 1.94.